The Morgan fingerprint density at radius 2 is 2.12 bits per heavy atom. The number of methoxy groups -OCH3 is 1. The molecule has 24 heavy (non-hydrogen) atoms. The van der Waals surface area contributed by atoms with Crippen molar-refractivity contribution < 1.29 is 14.3 Å². The number of hydrogen-bond donors (Lipinski definition) is 1. The van der Waals surface area contributed by atoms with Gasteiger partial charge in [-0.05, 0) is 29.7 Å². The molecule has 1 amide bonds. The summed E-state index contributed by atoms with van der Waals surface area (Å²) < 4.78 is 10.6. The molecule has 1 aliphatic heterocycles. The molecule has 0 aromatic heterocycles. The second kappa shape index (κ2) is 9.45. The number of hydrogen-bond acceptors (Lipinski definition) is 4. The Hall–Kier alpha value is -1.85. The number of carbonyl (C=O) groups is 1. The van der Waals surface area contributed by atoms with Gasteiger partial charge in [0.1, 0.15) is 5.75 Å². The predicted molar refractivity (Wildman–Crippen MR) is 96.1 cm³/mol. The lowest BCUT2D eigenvalue weighted by molar-refractivity contribution is -0.116. The molecule has 2 rings (SSSR count). The topological polar surface area (TPSA) is 50.8 Å². The Morgan fingerprint density at radius 1 is 1.38 bits per heavy atom. The van der Waals surface area contributed by atoms with E-state index in [-0.39, 0.29) is 5.91 Å². The number of nitrogens with one attached hydrogen (secondary N) is 1. The van der Waals surface area contributed by atoms with E-state index in [4.69, 9.17) is 9.47 Å². The van der Waals surface area contributed by atoms with Crippen molar-refractivity contribution in [3.05, 3.63) is 35.9 Å². The Labute approximate surface area is 144 Å². The largest absolute Gasteiger partial charge is 0.497 e. The summed E-state index contributed by atoms with van der Waals surface area (Å²) in [5.74, 6) is 1.19. The average molecular weight is 332 g/mol. The van der Waals surface area contributed by atoms with Crippen LogP contribution in [-0.4, -0.2) is 56.8 Å². The van der Waals surface area contributed by atoms with E-state index >= 15 is 0 Å². The molecule has 1 N–H and O–H groups in total. The van der Waals surface area contributed by atoms with Gasteiger partial charge in [-0.3, -0.25) is 9.69 Å². The fourth-order valence-corrected chi connectivity index (χ4v) is 2.88. The van der Waals surface area contributed by atoms with Crippen molar-refractivity contribution in [3.63, 3.8) is 0 Å². The highest BCUT2D eigenvalue weighted by Crippen LogP contribution is 2.14. The maximum atomic E-state index is 12.1. The smallest absolute Gasteiger partial charge is 0.244 e. The molecule has 1 saturated heterocycles. The minimum atomic E-state index is -0.0725. The highest BCUT2D eigenvalue weighted by molar-refractivity contribution is 5.91. The molecule has 1 aliphatic rings. The summed E-state index contributed by atoms with van der Waals surface area (Å²) >= 11 is 0. The summed E-state index contributed by atoms with van der Waals surface area (Å²) in [6, 6.07) is 7.96. The number of amides is 1. The van der Waals surface area contributed by atoms with Crippen LogP contribution in [-0.2, 0) is 9.53 Å². The lowest BCUT2D eigenvalue weighted by Crippen LogP contribution is -2.51. The predicted octanol–water partition coefficient (Wildman–Crippen LogP) is 2.18. The first-order valence-electron chi connectivity index (χ1n) is 8.52. The van der Waals surface area contributed by atoms with Crippen molar-refractivity contribution >= 4 is 12.0 Å². The molecule has 0 aliphatic carbocycles. The number of rotatable bonds is 7. The molecule has 132 valence electrons. The summed E-state index contributed by atoms with van der Waals surface area (Å²) in [7, 11) is 1.63. The third kappa shape index (κ3) is 5.65. The first-order valence-corrected chi connectivity index (χ1v) is 8.52. The molecule has 0 unspecified atom stereocenters. The lowest BCUT2D eigenvalue weighted by Gasteiger charge is -2.36. The quantitative estimate of drug-likeness (QED) is 0.778. The average Bonchev–Trinajstić information content (AvgIpc) is 2.61. The minimum Gasteiger partial charge on any atom is -0.497 e. The molecular weight excluding hydrogens is 304 g/mol. The molecule has 0 spiro atoms. The van der Waals surface area contributed by atoms with Gasteiger partial charge in [-0.2, -0.15) is 0 Å². The summed E-state index contributed by atoms with van der Waals surface area (Å²) in [5.41, 5.74) is 0.943. The minimum absolute atomic E-state index is 0.0725. The van der Waals surface area contributed by atoms with Gasteiger partial charge in [0.2, 0.25) is 5.91 Å². The first kappa shape index (κ1) is 18.5. The molecule has 1 aromatic rings. The maximum Gasteiger partial charge on any atom is 0.244 e. The lowest BCUT2D eigenvalue weighted by atomic mass is 10.0. The Bertz CT molecular complexity index is 551. The molecule has 1 heterocycles. The molecule has 1 aromatic carbocycles. The first-order chi connectivity index (χ1) is 11.6. The highest BCUT2D eigenvalue weighted by Gasteiger charge is 2.23. The summed E-state index contributed by atoms with van der Waals surface area (Å²) in [4.78, 5) is 14.5. The van der Waals surface area contributed by atoms with Gasteiger partial charge < -0.3 is 14.8 Å². The van der Waals surface area contributed by atoms with Gasteiger partial charge in [0.05, 0.1) is 20.3 Å². The molecular formula is C19H28N2O3. The molecule has 5 heteroatoms. The Balaban J connectivity index is 1.87. The Kier molecular flexibility index (Phi) is 7.28. The fourth-order valence-electron chi connectivity index (χ4n) is 2.88. The van der Waals surface area contributed by atoms with Crippen LogP contribution in [0.1, 0.15) is 19.4 Å². The molecule has 0 saturated carbocycles. The molecule has 0 radical (unpaired) electrons. The summed E-state index contributed by atoms with van der Waals surface area (Å²) in [6.45, 7) is 8.44. The van der Waals surface area contributed by atoms with E-state index in [9.17, 15) is 4.79 Å². The number of carbonyl (C=O) groups excluding carboxylic acids is 1. The zero-order chi connectivity index (χ0) is 17.4. The van der Waals surface area contributed by atoms with Crippen LogP contribution in [0.25, 0.3) is 6.08 Å². The molecule has 1 atom stereocenters. The van der Waals surface area contributed by atoms with Crippen molar-refractivity contribution in [3.8, 4) is 5.75 Å². The second-order valence-corrected chi connectivity index (χ2v) is 6.31. The van der Waals surface area contributed by atoms with Crippen LogP contribution in [0.3, 0.4) is 0 Å². The van der Waals surface area contributed by atoms with Gasteiger partial charge in [0.15, 0.2) is 0 Å². The van der Waals surface area contributed by atoms with E-state index in [0.29, 0.717) is 18.5 Å². The van der Waals surface area contributed by atoms with Crippen LogP contribution in [0, 0.1) is 5.92 Å². The van der Waals surface area contributed by atoms with Crippen LogP contribution in [0.2, 0.25) is 0 Å². The molecule has 1 fully saturated rings. The standard InChI is InChI=1S/C19H28N2O3/c1-15(2)18(21-9-11-24-12-10-21)14-20-19(22)8-7-16-5-4-6-17(13-16)23-3/h4-8,13,15,18H,9-12,14H2,1-3H3,(H,20,22)/b8-7+/t18-/m1/s1. The van der Waals surface area contributed by atoms with Crippen molar-refractivity contribution in [2.45, 2.75) is 19.9 Å². The van der Waals surface area contributed by atoms with Crippen LogP contribution in [0.15, 0.2) is 30.3 Å². The second-order valence-electron chi connectivity index (χ2n) is 6.31. The third-order valence-corrected chi connectivity index (χ3v) is 4.29. The van der Waals surface area contributed by atoms with E-state index in [1.165, 1.54) is 0 Å². The number of morpholine rings is 1. The van der Waals surface area contributed by atoms with Gasteiger partial charge in [-0.1, -0.05) is 26.0 Å². The number of nitrogens with zero attached hydrogens (tertiary/aromatic N) is 1. The van der Waals surface area contributed by atoms with E-state index in [1.807, 2.05) is 24.3 Å². The molecule has 0 bridgehead atoms. The van der Waals surface area contributed by atoms with Crippen molar-refractivity contribution in [2.24, 2.45) is 5.92 Å². The summed E-state index contributed by atoms with van der Waals surface area (Å²) in [5, 5.41) is 3.02. The van der Waals surface area contributed by atoms with Crippen LogP contribution in [0.4, 0.5) is 0 Å². The number of ether oxygens (including phenoxy) is 2. The van der Waals surface area contributed by atoms with Crippen LogP contribution >= 0.6 is 0 Å². The van der Waals surface area contributed by atoms with Gasteiger partial charge in [0.25, 0.3) is 0 Å². The fraction of sp³-hybridized carbons (Fsp3) is 0.526. The summed E-state index contributed by atoms with van der Waals surface area (Å²) in [6.07, 6.45) is 3.38. The van der Waals surface area contributed by atoms with Gasteiger partial charge >= 0.3 is 0 Å². The van der Waals surface area contributed by atoms with E-state index in [1.54, 1.807) is 19.3 Å². The SMILES string of the molecule is COc1cccc(/C=C/C(=O)NC[C@H](C(C)C)N2CCOCC2)c1. The van der Waals surface area contributed by atoms with E-state index < -0.39 is 0 Å². The van der Waals surface area contributed by atoms with Gasteiger partial charge in [0, 0.05) is 31.8 Å². The van der Waals surface area contributed by atoms with Crippen LogP contribution in [0.5, 0.6) is 5.75 Å². The van der Waals surface area contributed by atoms with E-state index in [2.05, 4.69) is 24.1 Å². The number of benzene rings is 1. The monoisotopic (exact) mass is 332 g/mol. The zero-order valence-electron chi connectivity index (χ0n) is 14.8. The molecule has 5 nitrogen and oxygen atoms in total. The van der Waals surface area contributed by atoms with Crippen molar-refractivity contribution in [2.75, 3.05) is 40.0 Å². The van der Waals surface area contributed by atoms with Gasteiger partial charge in [-0.15, -0.1) is 0 Å². The van der Waals surface area contributed by atoms with Crippen molar-refractivity contribution in [1.29, 1.82) is 0 Å². The van der Waals surface area contributed by atoms with E-state index in [0.717, 1.165) is 37.6 Å². The normalized spacial score (nSPS) is 17.2. The highest BCUT2D eigenvalue weighted by atomic mass is 16.5. The van der Waals surface area contributed by atoms with Crippen LogP contribution < -0.4 is 10.1 Å². The zero-order valence-corrected chi connectivity index (χ0v) is 14.8. The maximum absolute atomic E-state index is 12.1. The van der Waals surface area contributed by atoms with Gasteiger partial charge in [-0.25, -0.2) is 0 Å². The Morgan fingerprint density at radius 3 is 2.79 bits per heavy atom. The third-order valence-electron chi connectivity index (χ3n) is 4.29. The van der Waals surface area contributed by atoms with Crippen molar-refractivity contribution in [1.82, 2.24) is 10.2 Å².